The average Bonchev–Trinajstić information content (AvgIpc) is 3.10. The minimum atomic E-state index is -0.549. The summed E-state index contributed by atoms with van der Waals surface area (Å²) in [5, 5.41) is 0. The molecule has 2 rings (SSSR count). The van der Waals surface area contributed by atoms with Crippen molar-refractivity contribution in [3.63, 3.8) is 0 Å². The summed E-state index contributed by atoms with van der Waals surface area (Å²) in [5.41, 5.74) is 10.7. The Morgan fingerprint density at radius 3 is 2.37 bits per heavy atom. The minimum absolute atomic E-state index is 0.0917. The Morgan fingerprint density at radius 1 is 1.21 bits per heavy atom. The minimum Gasteiger partial charge on any atom is -0.344 e. The van der Waals surface area contributed by atoms with Gasteiger partial charge in [0, 0.05) is 13.6 Å². The van der Waals surface area contributed by atoms with Gasteiger partial charge in [0.05, 0.1) is 5.54 Å². The molecule has 104 valence electrons. The van der Waals surface area contributed by atoms with Crippen molar-refractivity contribution in [3.8, 4) is 0 Å². The highest BCUT2D eigenvalue weighted by molar-refractivity contribution is 5.88. The van der Waals surface area contributed by atoms with Gasteiger partial charge in [-0.25, -0.2) is 0 Å². The van der Waals surface area contributed by atoms with E-state index in [1.807, 2.05) is 7.05 Å². The van der Waals surface area contributed by atoms with E-state index in [2.05, 4.69) is 32.9 Å². The quantitative estimate of drug-likeness (QED) is 0.901. The maximum absolute atomic E-state index is 12.1. The smallest absolute Gasteiger partial charge is 0.242 e. The van der Waals surface area contributed by atoms with Gasteiger partial charge in [-0.2, -0.15) is 0 Å². The predicted octanol–water partition coefficient (Wildman–Crippen LogP) is 2.10. The molecule has 1 aliphatic carbocycles. The average molecular weight is 260 g/mol. The largest absolute Gasteiger partial charge is 0.344 e. The van der Waals surface area contributed by atoms with Crippen LogP contribution in [-0.4, -0.2) is 29.9 Å². The standard InChI is InChI=1S/C16H24N2O/c1-11-9-13(3)14(10-12(11)2)5-8-18(4)15(19)16(17)6-7-16/h9-10H,5-8,17H2,1-4H3. The third-order valence-electron chi connectivity index (χ3n) is 4.23. The first-order valence-electron chi connectivity index (χ1n) is 6.95. The Kier molecular flexibility index (Phi) is 3.68. The molecule has 1 aromatic rings. The lowest BCUT2D eigenvalue weighted by Gasteiger charge is -2.21. The van der Waals surface area contributed by atoms with E-state index in [-0.39, 0.29) is 5.91 Å². The molecular weight excluding hydrogens is 236 g/mol. The first-order valence-corrected chi connectivity index (χ1v) is 6.95. The zero-order valence-electron chi connectivity index (χ0n) is 12.4. The fourth-order valence-electron chi connectivity index (χ4n) is 2.41. The van der Waals surface area contributed by atoms with Gasteiger partial charge in [-0.1, -0.05) is 12.1 Å². The number of amides is 1. The van der Waals surface area contributed by atoms with E-state index in [0.717, 1.165) is 25.8 Å². The number of aryl methyl sites for hydroxylation is 3. The van der Waals surface area contributed by atoms with Crippen LogP contribution in [0.25, 0.3) is 0 Å². The molecule has 0 atom stereocenters. The molecule has 1 fully saturated rings. The van der Waals surface area contributed by atoms with Crippen molar-refractivity contribution in [2.24, 2.45) is 5.73 Å². The SMILES string of the molecule is Cc1cc(C)c(CCN(C)C(=O)C2(N)CC2)cc1C. The lowest BCUT2D eigenvalue weighted by Crippen LogP contribution is -2.44. The summed E-state index contributed by atoms with van der Waals surface area (Å²) in [5.74, 6) is 0.0917. The molecule has 1 aliphatic rings. The Bertz CT molecular complexity index is 504. The highest BCUT2D eigenvalue weighted by Crippen LogP contribution is 2.33. The molecule has 0 bridgehead atoms. The second-order valence-corrected chi connectivity index (χ2v) is 6.00. The third kappa shape index (κ3) is 2.98. The second kappa shape index (κ2) is 4.97. The van der Waals surface area contributed by atoms with Crippen LogP contribution < -0.4 is 5.73 Å². The van der Waals surface area contributed by atoms with E-state index < -0.39 is 5.54 Å². The van der Waals surface area contributed by atoms with Gasteiger partial charge >= 0.3 is 0 Å². The molecule has 0 saturated heterocycles. The highest BCUT2D eigenvalue weighted by atomic mass is 16.2. The van der Waals surface area contributed by atoms with Crippen molar-refractivity contribution in [1.82, 2.24) is 4.90 Å². The van der Waals surface area contributed by atoms with Crippen LogP contribution in [-0.2, 0) is 11.2 Å². The monoisotopic (exact) mass is 260 g/mol. The number of nitrogens with two attached hydrogens (primary N) is 1. The van der Waals surface area contributed by atoms with E-state index in [9.17, 15) is 4.79 Å². The van der Waals surface area contributed by atoms with E-state index in [1.54, 1.807) is 4.90 Å². The van der Waals surface area contributed by atoms with E-state index in [1.165, 1.54) is 22.3 Å². The van der Waals surface area contributed by atoms with Crippen molar-refractivity contribution < 1.29 is 4.79 Å². The number of benzene rings is 1. The first kappa shape index (κ1) is 14.1. The van der Waals surface area contributed by atoms with Crippen LogP contribution in [0.5, 0.6) is 0 Å². The topological polar surface area (TPSA) is 46.3 Å². The Balaban J connectivity index is 1.99. The maximum atomic E-state index is 12.1. The van der Waals surface area contributed by atoms with Gasteiger partial charge in [0.1, 0.15) is 0 Å². The van der Waals surface area contributed by atoms with Gasteiger partial charge in [-0.3, -0.25) is 4.79 Å². The molecule has 0 unspecified atom stereocenters. The van der Waals surface area contributed by atoms with Crippen LogP contribution in [0.1, 0.15) is 35.1 Å². The molecule has 19 heavy (non-hydrogen) atoms. The summed E-state index contributed by atoms with van der Waals surface area (Å²) in [6.45, 7) is 7.13. The Labute approximate surface area is 115 Å². The summed E-state index contributed by atoms with van der Waals surface area (Å²) in [4.78, 5) is 13.8. The zero-order valence-corrected chi connectivity index (χ0v) is 12.4. The van der Waals surface area contributed by atoms with Gasteiger partial charge < -0.3 is 10.6 Å². The molecular formula is C16H24N2O. The second-order valence-electron chi connectivity index (χ2n) is 6.00. The summed E-state index contributed by atoms with van der Waals surface area (Å²) in [6, 6.07) is 4.45. The first-order chi connectivity index (χ1) is 8.83. The molecule has 0 radical (unpaired) electrons. The third-order valence-corrected chi connectivity index (χ3v) is 4.23. The zero-order chi connectivity index (χ0) is 14.2. The van der Waals surface area contributed by atoms with Crippen LogP contribution >= 0.6 is 0 Å². The van der Waals surface area contributed by atoms with E-state index in [0.29, 0.717) is 0 Å². The number of rotatable bonds is 4. The summed E-state index contributed by atoms with van der Waals surface area (Å²) in [7, 11) is 1.85. The summed E-state index contributed by atoms with van der Waals surface area (Å²) < 4.78 is 0. The van der Waals surface area contributed by atoms with Gasteiger partial charge in [-0.05, 0) is 62.3 Å². The summed E-state index contributed by atoms with van der Waals surface area (Å²) >= 11 is 0. The molecule has 0 spiro atoms. The Hall–Kier alpha value is -1.35. The van der Waals surface area contributed by atoms with Crippen molar-refractivity contribution >= 4 is 5.91 Å². The number of nitrogens with zero attached hydrogens (tertiary/aromatic N) is 1. The van der Waals surface area contributed by atoms with Gasteiger partial charge in [0.25, 0.3) is 0 Å². The number of likely N-dealkylation sites (N-methyl/N-ethyl adjacent to an activating group) is 1. The van der Waals surface area contributed by atoms with Crippen molar-refractivity contribution in [2.75, 3.05) is 13.6 Å². The molecule has 0 aromatic heterocycles. The van der Waals surface area contributed by atoms with Crippen LogP contribution in [0.3, 0.4) is 0 Å². The normalized spacial score (nSPS) is 16.3. The van der Waals surface area contributed by atoms with Crippen LogP contribution in [0, 0.1) is 20.8 Å². The fraction of sp³-hybridized carbons (Fsp3) is 0.562. The fourth-order valence-corrected chi connectivity index (χ4v) is 2.41. The molecule has 1 aromatic carbocycles. The number of hydrogen-bond acceptors (Lipinski definition) is 2. The highest BCUT2D eigenvalue weighted by Gasteiger charge is 2.47. The van der Waals surface area contributed by atoms with Gasteiger partial charge in [-0.15, -0.1) is 0 Å². The number of carbonyl (C=O) groups excluding carboxylic acids is 1. The Morgan fingerprint density at radius 2 is 1.79 bits per heavy atom. The molecule has 3 heteroatoms. The molecule has 1 amide bonds. The molecule has 0 aliphatic heterocycles. The van der Waals surface area contributed by atoms with Crippen LogP contribution in [0.4, 0.5) is 0 Å². The number of hydrogen-bond donors (Lipinski definition) is 1. The van der Waals surface area contributed by atoms with Crippen molar-refractivity contribution in [1.29, 1.82) is 0 Å². The van der Waals surface area contributed by atoms with Gasteiger partial charge in [0.2, 0.25) is 5.91 Å². The van der Waals surface area contributed by atoms with E-state index in [4.69, 9.17) is 5.73 Å². The van der Waals surface area contributed by atoms with Crippen LogP contribution in [0.2, 0.25) is 0 Å². The van der Waals surface area contributed by atoms with Crippen molar-refractivity contribution in [2.45, 2.75) is 45.6 Å². The van der Waals surface area contributed by atoms with E-state index >= 15 is 0 Å². The molecule has 2 N–H and O–H groups in total. The van der Waals surface area contributed by atoms with Gasteiger partial charge in [0.15, 0.2) is 0 Å². The predicted molar refractivity (Wildman–Crippen MR) is 78.1 cm³/mol. The molecule has 3 nitrogen and oxygen atoms in total. The maximum Gasteiger partial charge on any atom is 0.242 e. The lowest BCUT2D eigenvalue weighted by molar-refractivity contribution is -0.132. The van der Waals surface area contributed by atoms with Crippen molar-refractivity contribution in [3.05, 3.63) is 34.4 Å². The van der Waals surface area contributed by atoms with Crippen LogP contribution in [0.15, 0.2) is 12.1 Å². The lowest BCUT2D eigenvalue weighted by atomic mass is 9.98. The number of carbonyl (C=O) groups is 1. The molecule has 1 saturated carbocycles. The molecule has 0 heterocycles. The summed E-state index contributed by atoms with van der Waals surface area (Å²) in [6.07, 6.45) is 2.56.